The van der Waals surface area contributed by atoms with Gasteiger partial charge in [-0.2, -0.15) is 0 Å². The molecule has 0 unspecified atom stereocenters. The minimum Gasteiger partial charge on any atom is -0.261 e. The number of rotatable bonds is 4. The van der Waals surface area contributed by atoms with Gasteiger partial charge in [0.2, 0.25) is 0 Å². The van der Waals surface area contributed by atoms with Gasteiger partial charge in [0.05, 0.1) is 15.7 Å². The molecule has 2 heterocycles. The van der Waals surface area contributed by atoms with Crippen LogP contribution in [-0.4, -0.2) is 9.97 Å². The van der Waals surface area contributed by atoms with Crippen molar-refractivity contribution < 1.29 is 0 Å². The molecule has 0 saturated heterocycles. The standard InChI is InChI=1S/C17H14Cl2N2S.BrH/c1-2-3-13-8-12(6-7-20-13)17-21-16(10-22-17)11-4-5-14(18)15(19)9-11;/h4-10H,2-3H2,1H3;1H. The van der Waals surface area contributed by atoms with E-state index in [9.17, 15) is 0 Å². The molecule has 120 valence electrons. The van der Waals surface area contributed by atoms with Crippen molar-refractivity contribution >= 4 is 51.5 Å². The zero-order valence-corrected chi connectivity index (χ0v) is 16.5. The molecule has 0 aliphatic carbocycles. The van der Waals surface area contributed by atoms with Crippen LogP contribution in [0, 0.1) is 0 Å². The van der Waals surface area contributed by atoms with E-state index in [2.05, 4.69) is 18.0 Å². The Kier molecular flexibility index (Phi) is 6.60. The largest absolute Gasteiger partial charge is 0.261 e. The highest BCUT2D eigenvalue weighted by atomic mass is 79.9. The van der Waals surface area contributed by atoms with Crippen LogP contribution in [0.1, 0.15) is 19.0 Å². The van der Waals surface area contributed by atoms with E-state index in [1.807, 2.05) is 29.8 Å². The van der Waals surface area contributed by atoms with Gasteiger partial charge in [0.25, 0.3) is 0 Å². The number of aromatic nitrogens is 2. The second kappa shape index (κ2) is 8.25. The maximum atomic E-state index is 6.08. The average Bonchev–Trinajstić information content (AvgIpc) is 3.01. The Balaban J connectivity index is 0.00000192. The Morgan fingerprint density at radius 2 is 1.87 bits per heavy atom. The lowest BCUT2D eigenvalue weighted by Crippen LogP contribution is -1.89. The Labute approximate surface area is 160 Å². The van der Waals surface area contributed by atoms with Gasteiger partial charge in [-0.1, -0.05) is 42.6 Å². The highest BCUT2D eigenvalue weighted by Gasteiger charge is 2.09. The third kappa shape index (κ3) is 4.32. The van der Waals surface area contributed by atoms with E-state index in [4.69, 9.17) is 28.2 Å². The molecule has 0 atom stereocenters. The molecule has 0 aliphatic rings. The van der Waals surface area contributed by atoms with Crippen LogP contribution in [0.3, 0.4) is 0 Å². The molecule has 0 spiro atoms. The van der Waals surface area contributed by atoms with Crippen molar-refractivity contribution in [2.45, 2.75) is 19.8 Å². The topological polar surface area (TPSA) is 25.8 Å². The summed E-state index contributed by atoms with van der Waals surface area (Å²) in [7, 11) is 0. The van der Waals surface area contributed by atoms with Gasteiger partial charge >= 0.3 is 0 Å². The smallest absolute Gasteiger partial charge is 0.124 e. The molecule has 3 aromatic rings. The molecule has 0 aliphatic heterocycles. The highest BCUT2D eigenvalue weighted by Crippen LogP contribution is 2.32. The van der Waals surface area contributed by atoms with Crippen LogP contribution < -0.4 is 0 Å². The zero-order valence-electron chi connectivity index (χ0n) is 12.4. The minimum atomic E-state index is 0. The van der Waals surface area contributed by atoms with Crippen molar-refractivity contribution in [2.24, 2.45) is 0 Å². The first-order chi connectivity index (χ1) is 10.7. The predicted octanol–water partition coefficient (Wildman–Crippen LogP) is 6.71. The van der Waals surface area contributed by atoms with Crippen molar-refractivity contribution in [3.63, 3.8) is 0 Å². The first-order valence-corrected chi connectivity index (χ1v) is 8.67. The fourth-order valence-corrected chi connectivity index (χ4v) is 3.32. The van der Waals surface area contributed by atoms with Crippen molar-refractivity contribution in [2.75, 3.05) is 0 Å². The van der Waals surface area contributed by atoms with Gasteiger partial charge in [0.15, 0.2) is 0 Å². The van der Waals surface area contributed by atoms with E-state index < -0.39 is 0 Å². The molecule has 0 N–H and O–H groups in total. The number of nitrogens with zero attached hydrogens (tertiary/aromatic N) is 2. The van der Waals surface area contributed by atoms with Crippen LogP contribution in [0.5, 0.6) is 0 Å². The summed E-state index contributed by atoms with van der Waals surface area (Å²) in [6.45, 7) is 2.15. The molecule has 0 fully saturated rings. The lowest BCUT2D eigenvalue weighted by atomic mass is 10.1. The van der Waals surface area contributed by atoms with E-state index in [0.717, 1.165) is 40.4 Å². The van der Waals surface area contributed by atoms with E-state index in [-0.39, 0.29) is 17.0 Å². The summed E-state index contributed by atoms with van der Waals surface area (Å²) in [6, 6.07) is 9.68. The number of thiazole rings is 1. The van der Waals surface area contributed by atoms with Gasteiger partial charge in [-0.25, -0.2) is 4.98 Å². The average molecular weight is 430 g/mol. The summed E-state index contributed by atoms with van der Waals surface area (Å²) < 4.78 is 0. The monoisotopic (exact) mass is 428 g/mol. The SMILES string of the molecule is Br.CCCc1cc(-c2nc(-c3ccc(Cl)c(Cl)c3)cs2)ccn1. The number of benzene rings is 1. The maximum absolute atomic E-state index is 6.08. The second-order valence-corrected chi connectivity index (χ2v) is 6.63. The van der Waals surface area contributed by atoms with Crippen LogP contribution in [-0.2, 0) is 6.42 Å². The quantitative estimate of drug-likeness (QED) is 0.460. The molecule has 0 saturated carbocycles. The molecule has 0 radical (unpaired) electrons. The number of hydrogen-bond acceptors (Lipinski definition) is 3. The summed E-state index contributed by atoms with van der Waals surface area (Å²) in [5.74, 6) is 0. The normalized spacial score (nSPS) is 10.4. The first-order valence-electron chi connectivity index (χ1n) is 7.03. The summed E-state index contributed by atoms with van der Waals surface area (Å²) in [5.41, 5.74) is 4.09. The zero-order chi connectivity index (χ0) is 15.5. The van der Waals surface area contributed by atoms with E-state index in [0.29, 0.717) is 10.0 Å². The Morgan fingerprint density at radius 1 is 1.04 bits per heavy atom. The lowest BCUT2D eigenvalue weighted by Gasteiger charge is -2.01. The Hall–Kier alpha value is -0.940. The third-order valence-corrected chi connectivity index (χ3v) is 4.92. The van der Waals surface area contributed by atoms with Gasteiger partial charge < -0.3 is 0 Å². The molecular formula is C17H15BrCl2N2S. The fraction of sp³-hybridized carbons (Fsp3) is 0.176. The highest BCUT2D eigenvalue weighted by molar-refractivity contribution is 8.93. The van der Waals surface area contributed by atoms with Crippen LogP contribution in [0.15, 0.2) is 41.9 Å². The van der Waals surface area contributed by atoms with Gasteiger partial charge in [-0.3, -0.25) is 4.98 Å². The van der Waals surface area contributed by atoms with Crippen molar-refractivity contribution in [3.8, 4) is 21.8 Å². The van der Waals surface area contributed by atoms with Crippen LogP contribution in [0.4, 0.5) is 0 Å². The third-order valence-electron chi connectivity index (χ3n) is 3.29. The molecule has 0 bridgehead atoms. The van der Waals surface area contributed by atoms with Gasteiger partial charge in [0.1, 0.15) is 5.01 Å². The number of halogens is 3. The van der Waals surface area contributed by atoms with Crippen LogP contribution in [0.2, 0.25) is 10.0 Å². The molecule has 2 aromatic heterocycles. The summed E-state index contributed by atoms with van der Waals surface area (Å²) in [6.07, 6.45) is 3.92. The van der Waals surface area contributed by atoms with Gasteiger partial charge in [-0.15, -0.1) is 28.3 Å². The van der Waals surface area contributed by atoms with Crippen LogP contribution in [0.25, 0.3) is 21.8 Å². The molecule has 3 rings (SSSR count). The molecule has 6 heteroatoms. The summed E-state index contributed by atoms with van der Waals surface area (Å²) in [4.78, 5) is 9.10. The molecule has 2 nitrogen and oxygen atoms in total. The first kappa shape index (κ1) is 18.4. The minimum absolute atomic E-state index is 0. The second-order valence-electron chi connectivity index (χ2n) is 4.95. The number of aryl methyl sites for hydroxylation is 1. The Bertz CT molecular complexity index is 805. The van der Waals surface area contributed by atoms with Crippen molar-refractivity contribution in [1.29, 1.82) is 0 Å². The number of pyridine rings is 1. The lowest BCUT2D eigenvalue weighted by molar-refractivity contribution is 0.883. The fourth-order valence-electron chi connectivity index (χ4n) is 2.20. The predicted molar refractivity (Wildman–Crippen MR) is 105 cm³/mol. The van der Waals surface area contributed by atoms with Crippen molar-refractivity contribution in [3.05, 3.63) is 57.6 Å². The van der Waals surface area contributed by atoms with E-state index in [1.54, 1.807) is 17.4 Å². The molecule has 1 aromatic carbocycles. The number of hydrogen-bond donors (Lipinski definition) is 0. The molecule has 23 heavy (non-hydrogen) atoms. The van der Waals surface area contributed by atoms with Gasteiger partial charge in [-0.05, 0) is 30.7 Å². The van der Waals surface area contributed by atoms with Gasteiger partial charge in [0, 0.05) is 28.4 Å². The van der Waals surface area contributed by atoms with E-state index >= 15 is 0 Å². The van der Waals surface area contributed by atoms with Crippen molar-refractivity contribution in [1.82, 2.24) is 9.97 Å². The van der Waals surface area contributed by atoms with Crippen LogP contribution >= 0.6 is 51.5 Å². The molecule has 0 amide bonds. The van der Waals surface area contributed by atoms with E-state index in [1.165, 1.54) is 0 Å². The summed E-state index contributed by atoms with van der Waals surface area (Å²) in [5, 5.41) is 4.12. The molecular weight excluding hydrogens is 415 g/mol. The Morgan fingerprint density at radius 3 is 2.61 bits per heavy atom. The maximum Gasteiger partial charge on any atom is 0.124 e. The summed E-state index contributed by atoms with van der Waals surface area (Å²) >= 11 is 13.7.